The molecule has 0 unspecified atom stereocenters. The molecule has 5 rings (SSSR count). The van der Waals surface area contributed by atoms with E-state index in [1.54, 1.807) is 16.9 Å². The molecule has 1 atom stereocenters. The van der Waals surface area contributed by atoms with Gasteiger partial charge >= 0.3 is 0 Å². The predicted molar refractivity (Wildman–Crippen MR) is 85.2 cm³/mol. The second-order valence-corrected chi connectivity index (χ2v) is 7.29. The number of aromatic nitrogens is 3. The Morgan fingerprint density at radius 3 is 2.96 bits per heavy atom. The Morgan fingerprint density at radius 1 is 1.30 bits per heavy atom. The van der Waals surface area contributed by atoms with Crippen LogP contribution < -0.4 is 0 Å². The van der Waals surface area contributed by atoms with Crippen LogP contribution in [0.25, 0.3) is 5.65 Å². The molecule has 1 spiro atoms. The Morgan fingerprint density at radius 2 is 2.17 bits per heavy atom. The fraction of sp³-hybridized carbons (Fsp3) is 0.588. The Balaban J connectivity index is 1.35. The van der Waals surface area contributed by atoms with E-state index in [0.29, 0.717) is 11.2 Å². The van der Waals surface area contributed by atoms with Gasteiger partial charge in [0, 0.05) is 44.1 Å². The summed E-state index contributed by atoms with van der Waals surface area (Å²) in [6.07, 6.45) is 10.3. The van der Waals surface area contributed by atoms with Crippen molar-refractivity contribution >= 4 is 11.6 Å². The zero-order valence-corrected chi connectivity index (χ0v) is 13.2. The van der Waals surface area contributed by atoms with Crippen LogP contribution in [-0.4, -0.2) is 62.0 Å². The maximum Gasteiger partial charge on any atom is 0.259 e. The van der Waals surface area contributed by atoms with Crippen molar-refractivity contribution in [1.29, 1.82) is 0 Å². The van der Waals surface area contributed by atoms with Crippen LogP contribution >= 0.6 is 0 Å². The molecule has 6 nitrogen and oxygen atoms in total. The summed E-state index contributed by atoms with van der Waals surface area (Å²) in [5, 5.41) is 4.24. The highest BCUT2D eigenvalue weighted by Crippen LogP contribution is 2.42. The van der Waals surface area contributed by atoms with Crippen LogP contribution in [-0.2, 0) is 0 Å². The van der Waals surface area contributed by atoms with Gasteiger partial charge in [0.25, 0.3) is 5.91 Å². The molecule has 2 aromatic rings. The second-order valence-electron chi connectivity index (χ2n) is 7.29. The molecule has 3 fully saturated rings. The number of fused-ring (bicyclic) bond motifs is 1. The van der Waals surface area contributed by atoms with E-state index in [-0.39, 0.29) is 11.4 Å². The van der Waals surface area contributed by atoms with Crippen molar-refractivity contribution in [2.45, 2.75) is 31.2 Å². The second kappa shape index (κ2) is 4.77. The first-order chi connectivity index (χ1) is 11.3. The zero-order valence-electron chi connectivity index (χ0n) is 13.2. The Bertz CT molecular complexity index is 767. The number of hydrogen-bond donors (Lipinski definition) is 0. The number of carbonyl (C=O) groups is 1. The SMILES string of the molecule is O=C(c1cnn2cccnc12)N1CC[C@]2(CCN2CC2CC2)C1. The lowest BCUT2D eigenvalue weighted by molar-refractivity contribution is -0.00930. The van der Waals surface area contributed by atoms with Gasteiger partial charge in [-0.3, -0.25) is 9.69 Å². The van der Waals surface area contributed by atoms with Crippen LogP contribution in [0.1, 0.15) is 36.0 Å². The lowest BCUT2D eigenvalue weighted by Crippen LogP contribution is -2.61. The first-order valence-corrected chi connectivity index (χ1v) is 8.58. The van der Waals surface area contributed by atoms with Crippen LogP contribution in [0.4, 0.5) is 0 Å². The molecule has 2 aromatic heterocycles. The first kappa shape index (κ1) is 13.5. The highest BCUT2D eigenvalue weighted by molar-refractivity contribution is 5.99. The van der Waals surface area contributed by atoms with E-state index in [1.807, 2.05) is 17.2 Å². The standard InChI is InChI=1S/C17H21N5O/c23-16(14-10-19-22-7-1-6-18-15(14)22)20-8-4-17(12-20)5-9-21(17)11-13-2-3-13/h1,6-7,10,13H,2-5,8-9,11-12H2/t17-/m0/s1. The topological polar surface area (TPSA) is 53.7 Å². The van der Waals surface area contributed by atoms with E-state index in [9.17, 15) is 4.79 Å². The fourth-order valence-electron chi connectivity index (χ4n) is 4.12. The number of rotatable bonds is 3. The third-order valence-electron chi connectivity index (χ3n) is 5.82. The van der Waals surface area contributed by atoms with Gasteiger partial charge in [-0.25, -0.2) is 9.50 Å². The van der Waals surface area contributed by atoms with Crippen molar-refractivity contribution in [2.24, 2.45) is 5.92 Å². The van der Waals surface area contributed by atoms with Crippen LogP contribution in [0.2, 0.25) is 0 Å². The zero-order chi connectivity index (χ0) is 15.4. The lowest BCUT2D eigenvalue weighted by atomic mass is 9.83. The monoisotopic (exact) mass is 311 g/mol. The molecule has 2 aliphatic heterocycles. The van der Waals surface area contributed by atoms with Crippen molar-refractivity contribution in [3.05, 3.63) is 30.2 Å². The van der Waals surface area contributed by atoms with Crippen LogP contribution in [0, 0.1) is 5.92 Å². The molecule has 4 heterocycles. The van der Waals surface area contributed by atoms with E-state index < -0.39 is 0 Å². The molecule has 1 aliphatic carbocycles. The lowest BCUT2D eigenvalue weighted by Gasteiger charge is -2.51. The number of hydrogen-bond acceptors (Lipinski definition) is 4. The van der Waals surface area contributed by atoms with Crippen LogP contribution in [0.3, 0.4) is 0 Å². The summed E-state index contributed by atoms with van der Waals surface area (Å²) in [6, 6.07) is 1.82. The van der Waals surface area contributed by atoms with Crippen molar-refractivity contribution in [2.75, 3.05) is 26.2 Å². The van der Waals surface area contributed by atoms with Gasteiger partial charge in [-0.2, -0.15) is 5.10 Å². The molecule has 1 saturated carbocycles. The minimum absolute atomic E-state index is 0.0776. The van der Waals surface area contributed by atoms with Gasteiger partial charge in [-0.05, 0) is 37.7 Å². The van der Waals surface area contributed by atoms with Gasteiger partial charge in [0.05, 0.1) is 6.20 Å². The van der Waals surface area contributed by atoms with Gasteiger partial charge < -0.3 is 4.90 Å². The van der Waals surface area contributed by atoms with E-state index in [4.69, 9.17) is 0 Å². The van der Waals surface area contributed by atoms with E-state index >= 15 is 0 Å². The predicted octanol–water partition coefficient (Wildman–Crippen LogP) is 1.43. The highest BCUT2D eigenvalue weighted by atomic mass is 16.2. The maximum absolute atomic E-state index is 12.9. The number of amides is 1. The first-order valence-electron chi connectivity index (χ1n) is 8.58. The molecule has 0 N–H and O–H groups in total. The van der Waals surface area contributed by atoms with Crippen molar-refractivity contribution < 1.29 is 4.79 Å². The quantitative estimate of drug-likeness (QED) is 0.860. The molecular weight excluding hydrogens is 290 g/mol. The summed E-state index contributed by atoms with van der Waals surface area (Å²) < 4.78 is 1.67. The average Bonchev–Trinajstić information content (AvgIpc) is 3.11. The summed E-state index contributed by atoms with van der Waals surface area (Å²) >= 11 is 0. The van der Waals surface area contributed by atoms with E-state index in [1.165, 1.54) is 32.4 Å². The molecule has 1 amide bonds. The molecule has 0 radical (unpaired) electrons. The Kier molecular flexibility index (Phi) is 2.80. The molecule has 2 saturated heterocycles. The number of nitrogens with zero attached hydrogens (tertiary/aromatic N) is 5. The molecule has 0 aromatic carbocycles. The smallest absolute Gasteiger partial charge is 0.259 e. The Hall–Kier alpha value is -1.95. The normalized spacial score (nSPS) is 27.7. The van der Waals surface area contributed by atoms with Gasteiger partial charge in [-0.15, -0.1) is 0 Å². The van der Waals surface area contributed by atoms with E-state index in [0.717, 1.165) is 25.4 Å². The molecule has 3 aliphatic rings. The molecule has 23 heavy (non-hydrogen) atoms. The fourth-order valence-corrected chi connectivity index (χ4v) is 4.12. The van der Waals surface area contributed by atoms with Crippen LogP contribution in [0.15, 0.2) is 24.7 Å². The third kappa shape index (κ3) is 2.08. The van der Waals surface area contributed by atoms with Crippen molar-refractivity contribution in [3.8, 4) is 0 Å². The summed E-state index contributed by atoms with van der Waals surface area (Å²) in [5.41, 5.74) is 1.53. The number of carbonyl (C=O) groups excluding carboxylic acids is 1. The average molecular weight is 311 g/mol. The third-order valence-corrected chi connectivity index (χ3v) is 5.82. The van der Waals surface area contributed by atoms with Crippen molar-refractivity contribution in [3.63, 3.8) is 0 Å². The number of likely N-dealkylation sites (tertiary alicyclic amines) is 2. The summed E-state index contributed by atoms with van der Waals surface area (Å²) in [4.78, 5) is 21.9. The van der Waals surface area contributed by atoms with Gasteiger partial charge in [0.2, 0.25) is 0 Å². The van der Waals surface area contributed by atoms with Gasteiger partial charge in [0.1, 0.15) is 5.56 Å². The molecule has 120 valence electrons. The molecule has 0 bridgehead atoms. The molecular formula is C17H21N5O. The largest absolute Gasteiger partial charge is 0.337 e. The maximum atomic E-state index is 12.9. The van der Waals surface area contributed by atoms with Gasteiger partial charge in [-0.1, -0.05) is 0 Å². The Labute approximate surface area is 135 Å². The van der Waals surface area contributed by atoms with E-state index in [2.05, 4.69) is 15.0 Å². The summed E-state index contributed by atoms with van der Waals surface area (Å²) in [7, 11) is 0. The van der Waals surface area contributed by atoms with Crippen LogP contribution in [0.5, 0.6) is 0 Å². The minimum Gasteiger partial charge on any atom is -0.337 e. The summed E-state index contributed by atoms with van der Waals surface area (Å²) in [6.45, 7) is 4.16. The molecule has 6 heteroatoms. The summed E-state index contributed by atoms with van der Waals surface area (Å²) in [5.74, 6) is 0.995. The highest BCUT2D eigenvalue weighted by Gasteiger charge is 2.51. The minimum atomic E-state index is 0.0776. The van der Waals surface area contributed by atoms with Gasteiger partial charge in [0.15, 0.2) is 5.65 Å². The van der Waals surface area contributed by atoms with Crippen molar-refractivity contribution in [1.82, 2.24) is 24.4 Å².